The summed E-state index contributed by atoms with van der Waals surface area (Å²) >= 11 is 3.27. The molecule has 0 fully saturated rings. The number of methoxy groups -OCH3 is 1. The minimum Gasteiger partial charge on any atom is -0.490 e. The third kappa shape index (κ3) is 3.21. The Morgan fingerprint density at radius 1 is 1.53 bits per heavy atom. The van der Waals surface area contributed by atoms with Crippen molar-refractivity contribution in [2.75, 3.05) is 20.3 Å². The molecule has 0 radical (unpaired) electrons. The van der Waals surface area contributed by atoms with E-state index in [4.69, 9.17) is 9.84 Å². The summed E-state index contributed by atoms with van der Waals surface area (Å²) in [5, 5.41) is 8.61. The van der Waals surface area contributed by atoms with Crippen molar-refractivity contribution in [3.05, 3.63) is 28.2 Å². The van der Waals surface area contributed by atoms with Crippen LogP contribution >= 0.6 is 15.9 Å². The van der Waals surface area contributed by atoms with Gasteiger partial charge in [-0.25, -0.2) is 4.79 Å². The van der Waals surface area contributed by atoms with E-state index in [2.05, 4.69) is 20.7 Å². The Morgan fingerprint density at radius 3 is 2.87 bits per heavy atom. The fraction of sp³-hybridized carbons (Fsp3) is 0.300. The molecule has 0 heterocycles. The number of aliphatic hydroxyl groups is 1. The predicted molar refractivity (Wildman–Crippen MR) is 58.1 cm³/mol. The number of benzene rings is 1. The number of esters is 1. The summed E-state index contributed by atoms with van der Waals surface area (Å²) < 4.78 is 10.5. The van der Waals surface area contributed by atoms with E-state index in [1.54, 1.807) is 18.2 Å². The molecule has 0 saturated heterocycles. The highest BCUT2D eigenvalue weighted by molar-refractivity contribution is 9.10. The summed E-state index contributed by atoms with van der Waals surface area (Å²) in [6.45, 7) is 0.109. The molecule has 0 amide bonds. The van der Waals surface area contributed by atoms with Gasteiger partial charge in [0.15, 0.2) is 0 Å². The van der Waals surface area contributed by atoms with E-state index < -0.39 is 5.97 Å². The second kappa shape index (κ2) is 5.72. The van der Waals surface area contributed by atoms with Gasteiger partial charge in [0.25, 0.3) is 0 Å². The van der Waals surface area contributed by atoms with Crippen LogP contribution in [0.3, 0.4) is 0 Å². The van der Waals surface area contributed by atoms with Gasteiger partial charge in [0.2, 0.25) is 0 Å². The fourth-order valence-electron chi connectivity index (χ4n) is 1.01. The van der Waals surface area contributed by atoms with Gasteiger partial charge in [-0.2, -0.15) is 0 Å². The van der Waals surface area contributed by atoms with Gasteiger partial charge in [-0.05, 0) is 34.1 Å². The summed E-state index contributed by atoms with van der Waals surface area (Å²) in [6.07, 6.45) is 0. The maximum atomic E-state index is 11.2. The van der Waals surface area contributed by atoms with Crippen LogP contribution in [0, 0.1) is 0 Å². The maximum Gasteiger partial charge on any atom is 0.337 e. The van der Waals surface area contributed by atoms with E-state index in [9.17, 15) is 4.79 Å². The molecule has 5 heteroatoms. The molecule has 0 saturated carbocycles. The van der Waals surface area contributed by atoms with E-state index in [0.717, 1.165) is 4.47 Å². The molecule has 82 valence electrons. The molecular weight excluding hydrogens is 264 g/mol. The molecule has 1 aromatic rings. The van der Waals surface area contributed by atoms with Crippen LogP contribution in [0.5, 0.6) is 5.75 Å². The van der Waals surface area contributed by atoms with Crippen molar-refractivity contribution in [3.63, 3.8) is 0 Å². The molecule has 4 nitrogen and oxygen atoms in total. The van der Waals surface area contributed by atoms with Crippen molar-refractivity contribution < 1.29 is 19.4 Å². The number of ether oxygens (including phenoxy) is 2. The molecule has 0 bridgehead atoms. The van der Waals surface area contributed by atoms with Crippen molar-refractivity contribution in [1.29, 1.82) is 0 Å². The van der Waals surface area contributed by atoms with Crippen LogP contribution in [0.4, 0.5) is 0 Å². The van der Waals surface area contributed by atoms with Gasteiger partial charge in [-0.3, -0.25) is 0 Å². The quantitative estimate of drug-likeness (QED) is 0.848. The average molecular weight is 275 g/mol. The number of carbonyl (C=O) groups is 1. The lowest BCUT2D eigenvalue weighted by Crippen LogP contribution is -2.05. The first-order valence-corrected chi connectivity index (χ1v) is 5.10. The molecule has 0 spiro atoms. The number of hydrogen-bond acceptors (Lipinski definition) is 4. The number of carbonyl (C=O) groups excluding carboxylic acids is 1. The highest BCUT2D eigenvalue weighted by Gasteiger charge is 2.09. The van der Waals surface area contributed by atoms with Crippen LogP contribution in [0.15, 0.2) is 22.7 Å². The summed E-state index contributed by atoms with van der Waals surface area (Å²) in [7, 11) is 1.32. The first-order chi connectivity index (χ1) is 7.19. The summed E-state index contributed by atoms with van der Waals surface area (Å²) in [6, 6.07) is 4.88. The zero-order valence-electron chi connectivity index (χ0n) is 8.20. The normalized spacial score (nSPS) is 9.80. The lowest BCUT2D eigenvalue weighted by molar-refractivity contribution is 0.0600. The molecule has 0 aliphatic rings. The highest BCUT2D eigenvalue weighted by Crippen LogP contribution is 2.26. The molecular formula is C10H11BrO4. The smallest absolute Gasteiger partial charge is 0.337 e. The molecule has 1 aromatic carbocycles. The van der Waals surface area contributed by atoms with Crippen LogP contribution in [-0.2, 0) is 4.74 Å². The summed E-state index contributed by atoms with van der Waals surface area (Å²) in [5.41, 5.74) is 0.411. The van der Waals surface area contributed by atoms with E-state index in [1.165, 1.54) is 7.11 Å². The van der Waals surface area contributed by atoms with E-state index in [0.29, 0.717) is 11.3 Å². The van der Waals surface area contributed by atoms with Crippen molar-refractivity contribution in [2.24, 2.45) is 0 Å². The number of halogens is 1. The van der Waals surface area contributed by atoms with Crippen molar-refractivity contribution in [3.8, 4) is 5.75 Å². The van der Waals surface area contributed by atoms with Gasteiger partial charge >= 0.3 is 5.97 Å². The van der Waals surface area contributed by atoms with Crippen LogP contribution in [0.1, 0.15) is 10.4 Å². The zero-order chi connectivity index (χ0) is 11.3. The monoisotopic (exact) mass is 274 g/mol. The minimum atomic E-state index is -0.420. The SMILES string of the molecule is COC(=O)c1ccc(Br)c(OCCO)c1. The molecule has 0 atom stereocenters. The van der Waals surface area contributed by atoms with Crippen LogP contribution < -0.4 is 4.74 Å². The van der Waals surface area contributed by atoms with Crippen LogP contribution in [-0.4, -0.2) is 31.4 Å². The first-order valence-electron chi connectivity index (χ1n) is 4.30. The molecule has 0 unspecified atom stereocenters. The Kier molecular flexibility index (Phi) is 4.58. The van der Waals surface area contributed by atoms with Crippen LogP contribution in [0.25, 0.3) is 0 Å². The van der Waals surface area contributed by atoms with Gasteiger partial charge in [-0.1, -0.05) is 0 Å². The Labute approximate surface area is 95.9 Å². The lowest BCUT2D eigenvalue weighted by atomic mass is 10.2. The maximum absolute atomic E-state index is 11.2. The molecule has 1 N–H and O–H groups in total. The standard InChI is InChI=1S/C10H11BrO4/c1-14-10(13)7-2-3-8(11)9(6-7)15-5-4-12/h2-3,6,12H,4-5H2,1H3. The molecule has 0 aliphatic carbocycles. The molecule has 15 heavy (non-hydrogen) atoms. The van der Waals surface area contributed by atoms with E-state index in [1.807, 2.05) is 0 Å². The third-order valence-corrected chi connectivity index (χ3v) is 2.36. The second-order valence-electron chi connectivity index (χ2n) is 2.71. The Balaban J connectivity index is 2.89. The highest BCUT2D eigenvalue weighted by atomic mass is 79.9. The van der Waals surface area contributed by atoms with Crippen LogP contribution in [0.2, 0.25) is 0 Å². The Hall–Kier alpha value is -1.07. The van der Waals surface area contributed by atoms with Gasteiger partial charge < -0.3 is 14.6 Å². The second-order valence-corrected chi connectivity index (χ2v) is 3.56. The van der Waals surface area contributed by atoms with Gasteiger partial charge in [0, 0.05) is 0 Å². The van der Waals surface area contributed by atoms with Crippen molar-refractivity contribution in [1.82, 2.24) is 0 Å². The topological polar surface area (TPSA) is 55.8 Å². The summed E-state index contributed by atoms with van der Waals surface area (Å²) in [5.74, 6) is 0.0864. The predicted octanol–water partition coefficient (Wildman–Crippen LogP) is 1.61. The Bertz CT molecular complexity index is 351. The van der Waals surface area contributed by atoms with Gasteiger partial charge in [0.05, 0.1) is 23.8 Å². The van der Waals surface area contributed by atoms with Crippen molar-refractivity contribution in [2.45, 2.75) is 0 Å². The number of aliphatic hydroxyl groups excluding tert-OH is 1. The third-order valence-electron chi connectivity index (χ3n) is 1.70. The first kappa shape index (κ1) is 12.0. The van der Waals surface area contributed by atoms with Gasteiger partial charge in [-0.15, -0.1) is 0 Å². The number of rotatable bonds is 4. The van der Waals surface area contributed by atoms with Gasteiger partial charge in [0.1, 0.15) is 12.4 Å². The molecule has 0 aliphatic heterocycles. The van der Waals surface area contributed by atoms with E-state index >= 15 is 0 Å². The van der Waals surface area contributed by atoms with E-state index in [-0.39, 0.29) is 13.2 Å². The molecule has 1 rings (SSSR count). The number of hydrogen-bond donors (Lipinski definition) is 1. The lowest BCUT2D eigenvalue weighted by Gasteiger charge is -2.07. The summed E-state index contributed by atoms with van der Waals surface area (Å²) in [4.78, 5) is 11.2. The van der Waals surface area contributed by atoms with Crippen molar-refractivity contribution >= 4 is 21.9 Å². The Morgan fingerprint density at radius 2 is 2.27 bits per heavy atom. The minimum absolute atomic E-state index is 0.0745. The molecule has 0 aromatic heterocycles. The largest absolute Gasteiger partial charge is 0.490 e. The fourth-order valence-corrected chi connectivity index (χ4v) is 1.38. The average Bonchev–Trinajstić information content (AvgIpc) is 2.27. The zero-order valence-corrected chi connectivity index (χ0v) is 9.78.